The Morgan fingerprint density at radius 3 is 2.04 bits per heavy atom. The maximum absolute atomic E-state index is 13.5. The van der Waals surface area contributed by atoms with E-state index >= 15 is 0 Å². The zero-order chi connectivity index (χ0) is 21.0. The van der Waals surface area contributed by atoms with E-state index in [0.29, 0.717) is 10.7 Å². The van der Waals surface area contributed by atoms with Gasteiger partial charge in [-0.3, -0.25) is 4.79 Å². The summed E-state index contributed by atoms with van der Waals surface area (Å²) < 4.78 is 8.02. The Balaban J connectivity index is 2.58. The number of anilines is 1. The van der Waals surface area contributed by atoms with Gasteiger partial charge in [-0.1, -0.05) is 71.4 Å². The molecule has 0 saturated carbocycles. The first-order chi connectivity index (χ1) is 12.0. The maximum Gasteiger partial charge on any atom is 0.286 e. The lowest BCUT2D eigenvalue weighted by molar-refractivity contribution is -0.111. The summed E-state index contributed by atoms with van der Waals surface area (Å²) >= 11 is 6.25. The van der Waals surface area contributed by atoms with E-state index in [2.05, 4.69) is 72.9 Å². The lowest BCUT2D eigenvalue weighted by atomic mass is 10.1. The van der Waals surface area contributed by atoms with E-state index in [1.165, 1.54) is 0 Å². The van der Waals surface area contributed by atoms with Gasteiger partial charge in [0.05, 0.1) is 0 Å². The molecule has 2 rings (SSSR count). The van der Waals surface area contributed by atoms with Gasteiger partial charge in [-0.25, -0.2) is 0 Å². The predicted octanol–water partition coefficient (Wildman–Crippen LogP) is 6.42. The molecule has 0 atom stereocenters. The molecule has 0 spiro atoms. The largest absolute Gasteiger partial charge is 0.454 e. The highest BCUT2D eigenvalue weighted by Gasteiger charge is 2.50. The third-order valence-corrected chi connectivity index (χ3v) is 16.1. The van der Waals surface area contributed by atoms with Gasteiger partial charge in [0.15, 0.2) is 13.9 Å². The summed E-state index contributed by atoms with van der Waals surface area (Å²) in [6, 6.07) is 5.60. The molecule has 7 heteroatoms. The quantitative estimate of drug-likeness (QED) is 0.415. The first-order valence-electron chi connectivity index (χ1n) is 9.41. The molecule has 4 nitrogen and oxygen atoms in total. The molecule has 1 aliphatic rings. The van der Waals surface area contributed by atoms with Gasteiger partial charge in [0.1, 0.15) is 0 Å². The maximum atomic E-state index is 13.5. The fraction of sp³-hybridized carbons (Fsp3) is 0.600. The summed E-state index contributed by atoms with van der Waals surface area (Å²) in [5.41, 5.74) is 2.05. The lowest BCUT2D eigenvalue weighted by Gasteiger charge is -2.43. The van der Waals surface area contributed by atoms with E-state index in [9.17, 15) is 4.79 Å². The standard InChI is InChI=1S/C20H33ClN2O2Si2/c1-19(2,3)26(7,8)23-16-12-11-14(21)13-15(16)17(18(23)24)22-25-27(9,10)20(4,5)6/h11-13H,1-10H3/b22-17-. The van der Waals surface area contributed by atoms with Crippen LogP contribution >= 0.6 is 11.6 Å². The number of hydrogen-bond donors (Lipinski definition) is 0. The molecule has 0 aliphatic carbocycles. The summed E-state index contributed by atoms with van der Waals surface area (Å²) in [6.45, 7) is 21.8. The highest BCUT2D eigenvalue weighted by molar-refractivity contribution is 6.90. The Morgan fingerprint density at radius 1 is 1.00 bits per heavy atom. The Labute approximate surface area is 171 Å². The van der Waals surface area contributed by atoms with Gasteiger partial charge in [-0.05, 0) is 41.4 Å². The molecule has 1 aliphatic heterocycles. The molecule has 1 heterocycles. The second-order valence-corrected chi connectivity index (χ2v) is 20.6. The van der Waals surface area contributed by atoms with Gasteiger partial charge in [-0.15, -0.1) is 0 Å². The van der Waals surface area contributed by atoms with Gasteiger partial charge in [-0.2, -0.15) is 0 Å². The van der Waals surface area contributed by atoms with Gasteiger partial charge >= 0.3 is 0 Å². The molecule has 0 radical (unpaired) electrons. The minimum Gasteiger partial charge on any atom is -0.454 e. The number of amides is 1. The number of halogens is 1. The summed E-state index contributed by atoms with van der Waals surface area (Å²) in [4.78, 5) is 13.5. The van der Waals surface area contributed by atoms with Crippen molar-refractivity contribution in [2.24, 2.45) is 5.16 Å². The molecule has 0 fully saturated rings. The Morgan fingerprint density at radius 2 is 1.56 bits per heavy atom. The fourth-order valence-corrected chi connectivity index (χ4v) is 5.35. The van der Waals surface area contributed by atoms with Gasteiger partial charge in [0, 0.05) is 16.3 Å². The summed E-state index contributed by atoms with van der Waals surface area (Å²) in [6.07, 6.45) is 0. The predicted molar refractivity (Wildman–Crippen MR) is 121 cm³/mol. The average molecular weight is 425 g/mol. The molecule has 0 aromatic heterocycles. The first kappa shape index (κ1) is 22.2. The molecule has 27 heavy (non-hydrogen) atoms. The molecule has 1 aromatic rings. The first-order valence-corrected chi connectivity index (χ1v) is 15.6. The number of carbonyl (C=O) groups excluding carboxylic acids is 1. The van der Waals surface area contributed by atoms with Crippen molar-refractivity contribution < 1.29 is 9.32 Å². The van der Waals surface area contributed by atoms with Crippen molar-refractivity contribution >= 4 is 45.5 Å². The molecule has 0 saturated heterocycles. The van der Waals surface area contributed by atoms with Crippen molar-refractivity contribution in [2.45, 2.75) is 77.8 Å². The van der Waals surface area contributed by atoms with Crippen LogP contribution in [0.3, 0.4) is 0 Å². The van der Waals surface area contributed by atoms with Crippen LogP contribution in [0, 0.1) is 0 Å². The minimum absolute atomic E-state index is 0.00892. The van der Waals surface area contributed by atoms with Crippen molar-refractivity contribution in [3.8, 4) is 0 Å². The Hall–Kier alpha value is -1.12. The highest BCUT2D eigenvalue weighted by atomic mass is 35.5. The number of rotatable bonds is 3. The normalized spacial score (nSPS) is 17.5. The molecular formula is C20H33ClN2O2Si2. The van der Waals surface area contributed by atoms with Crippen LogP contribution in [-0.2, 0) is 9.32 Å². The minimum atomic E-state index is -2.14. The van der Waals surface area contributed by atoms with Crippen molar-refractivity contribution in [3.05, 3.63) is 28.8 Å². The van der Waals surface area contributed by atoms with Crippen molar-refractivity contribution in [3.63, 3.8) is 0 Å². The van der Waals surface area contributed by atoms with Gasteiger partial charge in [0.2, 0.25) is 0 Å². The fourth-order valence-electron chi connectivity index (χ4n) is 2.50. The van der Waals surface area contributed by atoms with Crippen LogP contribution in [0.25, 0.3) is 0 Å². The lowest BCUT2D eigenvalue weighted by Crippen LogP contribution is -2.57. The molecular weight excluding hydrogens is 392 g/mol. The highest BCUT2D eigenvalue weighted by Crippen LogP contribution is 2.45. The van der Waals surface area contributed by atoms with Gasteiger partial charge in [0.25, 0.3) is 14.2 Å². The van der Waals surface area contributed by atoms with Crippen molar-refractivity contribution in [2.75, 3.05) is 4.57 Å². The zero-order valence-electron chi connectivity index (χ0n) is 18.3. The van der Waals surface area contributed by atoms with Crippen molar-refractivity contribution in [1.29, 1.82) is 0 Å². The van der Waals surface area contributed by atoms with Gasteiger partial charge < -0.3 is 9.09 Å². The summed E-state index contributed by atoms with van der Waals surface area (Å²) in [5, 5.41) is 5.04. The average Bonchev–Trinajstić information content (AvgIpc) is 2.74. The second-order valence-electron chi connectivity index (χ2n) is 10.4. The third-order valence-electron chi connectivity index (χ3n) is 6.43. The number of fused-ring (bicyclic) bond motifs is 1. The summed E-state index contributed by atoms with van der Waals surface area (Å²) in [7, 11) is -4.26. The number of hydrogen-bond acceptors (Lipinski definition) is 3. The van der Waals surface area contributed by atoms with Crippen molar-refractivity contribution in [1.82, 2.24) is 0 Å². The third kappa shape index (κ3) is 3.89. The number of oxime groups is 1. The van der Waals surface area contributed by atoms with Crippen LogP contribution in [0.15, 0.2) is 23.4 Å². The zero-order valence-corrected chi connectivity index (χ0v) is 21.1. The molecule has 1 aromatic carbocycles. The van der Waals surface area contributed by atoms with Crippen LogP contribution in [-0.4, -0.2) is 28.2 Å². The van der Waals surface area contributed by atoms with E-state index in [4.69, 9.17) is 16.1 Å². The molecule has 0 unspecified atom stereocenters. The Kier molecular flexibility index (Phi) is 5.54. The number of benzene rings is 1. The van der Waals surface area contributed by atoms with E-state index in [1.807, 2.05) is 22.8 Å². The van der Waals surface area contributed by atoms with Crippen LogP contribution in [0.5, 0.6) is 0 Å². The topological polar surface area (TPSA) is 41.9 Å². The smallest absolute Gasteiger partial charge is 0.286 e. The van der Waals surface area contributed by atoms with E-state index in [-0.39, 0.29) is 16.0 Å². The van der Waals surface area contributed by atoms with E-state index < -0.39 is 16.6 Å². The molecule has 0 bridgehead atoms. The SMILES string of the molecule is CC(C)(C)[Si](C)(C)O/N=C1\C(=O)N([Si](C)(C)C(C)(C)C)c2ccc(Cl)cc21. The monoisotopic (exact) mass is 424 g/mol. The van der Waals surface area contributed by atoms with E-state index in [1.54, 1.807) is 0 Å². The second kappa shape index (κ2) is 6.74. The van der Waals surface area contributed by atoms with Crippen LogP contribution in [0.4, 0.5) is 5.69 Å². The van der Waals surface area contributed by atoms with Crippen LogP contribution < -0.4 is 4.57 Å². The molecule has 1 amide bonds. The molecule has 150 valence electrons. The Bertz CT molecular complexity index is 790. The van der Waals surface area contributed by atoms with E-state index in [0.717, 1.165) is 11.3 Å². The number of nitrogens with zero attached hydrogens (tertiary/aromatic N) is 2. The molecule has 0 N–H and O–H groups in total. The van der Waals surface area contributed by atoms with Crippen LogP contribution in [0.2, 0.25) is 41.3 Å². The summed E-state index contributed by atoms with van der Waals surface area (Å²) in [5.74, 6) is -0.0717. The van der Waals surface area contributed by atoms with Crippen LogP contribution in [0.1, 0.15) is 47.1 Å². The number of carbonyl (C=O) groups is 1.